The number of amides is 1. The Bertz CT molecular complexity index is 1000. The normalized spacial score (nSPS) is 16.6. The molecule has 0 aliphatic carbocycles. The fourth-order valence-electron chi connectivity index (χ4n) is 3.21. The molecule has 3 heterocycles. The summed E-state index contributed by atoms with van der Waals surface area (Å²) in [6, 6.07) is 7.20. The molecule has 1 aliphatic heterocycles. The molecule has 1 amide bonds. The molecule has 0 bridgehead atoms. The summed E-state index contributed by atoms with van der Waals surface area (Å²) in [5.74, 6) is 0.464. The largest absolute Gasteiger partial charge is 0.471 e. The average Bonchev–Trinajstić information content (AvgIpc) is 3.17. The van der Waals surface area contributed by atoms with Gasteiger partial charge in [0, 0.05) is 38.3 Å². The summed E-state index contributed by atoms with van der Waals surface area (Å²) in [5, 5.41) is 0.561. The molecule has 0 radical (unpaired) electrons. The lowest BCUT2D eigenvalue weighted by molar-refractivity contribution is -0.130. The molecule has 138 valence electrons. The van der Waals surface area contributed by atoms with Crippen molar-refractivity contribution in [1.82, 2.24) is 24.4 Å². The summed E-state index contributed by atoms with van der Waals surface area (Å²) in [5.41, 5.74) is 0.535. The van der Waals surface area contributed by atoms with Crippen LogP contribution in [0.25, 0.3) is 10.9 Å². The lowest BCUT2D eigenvalue weighted by atomic mass is 10.2. The molecule has 1 fully saturated rings. The van der Waals surface area contributed by atoms with Crippen molar-refractivity contribution in [3.63, 3.8) is 0 Å². The van der Waals surface area contributed by atoms with E-state index in [4.69, 9.17) is 4.74 Å². The van der Waals surface area contributed by atoms with Crippen LogP contribution in [-0.2, 0) is 11.3 Å². The Morgan fingerprint density at radius 1 is 1.22 bits per heavy atom. The van der Waals surface area contributed by atoms with E-state index in [-0.39, 0.29) is 24.0 Å². The van der Waals surface area contributed by atoms with Crippen molar-refractivity contribution in [3.8, 4) is 5.88 Å². The van der Waals surface area contributed by atoms with Gasteiger partial charge in [0.05, 0.1) is 30.0 Å². The molecular formula is C19H19N5O3. The number of benzene rings is 1. The van der Waals surface area contributed by atoms with Gasteiger partial charge >= 0.3 is 0 Å². The Morgan fingerprint density at radius 3 is 2.96 bits per heavy atom. The van der Waals surface area contributed by atoms with E-state index in [9.17, 15) is 9.59 Å². The molecule has 2 aromatic heterocycles. The first-order valence-electron chi connectivity index (χ1n) is 8.85. The van der Waals surface area contributed by atoms with Crippen LogP contribution in [0.15, 0.2) is 54.0 Å². The van der Waals surface area contributed by atoms with E-state index >= 15 is 0 Å². The first-order valence-corrected chi connectivity index (χ1v) is 8.85. The van der Waals surface area contributed by atoms with Gasteiger partial charge in [-0.3, -0.25) is 19.1 Å². The number of para-hydroxylation sites is 1. The number of ether oxygens (including phenoxy) is 1. The number of likely N-dealkylation sites (tertiary alicyclic amines) is 1. The fraction of sp³-hybridized carbons (Fsp3) is 0.316. The number of hydrogen-bond acceptors (Lipinski definition) is 6. The van der Waals surface area contributed by atoms with Gasteiger partial charge in [0.2, 0.25) is 11.8 Å². The zero-order valence-electron chi connectivity index (χ0n) is 14.7. The summed E-state index contributed by atoms with van der Waals surface area (Å²) in [4.78, 5) is 39.1. The van der Waals surface area contributed by atoms with Crippen molar-refractivity contribution < 1.29 is 9.53 Å². The van der Waals surface area contributed by atoms with Gasteiger partial charge < -0.3 is 9.64 Å². The quantitative estimate of drug-likeness (QED) is 0.676. The Morgan fingerprint density at radius 2 is 2.11 bits per heavy atom. The number of fused-ring (bicyclic) bond motifs is 1. The second-order valence-electron chi connectivity index (χ2n) is 6.42. The van der Waals surface area contributed by atoms with Gasteiger partial charge in [-0.25, -0.2) is 9.97 Å². The molecule has 1 atom stereocenters. The zero-order chi connectivity index (χ0) is 18.6. The van der Waals surface area contributed by atoms with Crippen molar-refractivity contribution in [2.24, 2.45) is 0 Å². The fourth-order valence-corrected chi connectivity index (χ4v) is 3.21. The van der Waals surface area contributed by atoms with Crippen molar-refractivity contribution in [1.29, 1.82) is 0 Å². The van der Waals surface area contributed by atoms with E-state index in [0.29, 0.717) is 36.4 Å². The molecule has 1 aliphatic rings. The molecule has 4 rings (SSSR count). The van der Waals surface area contributed by atoms with Crippen LogP contribution in [0.4, 0.5) is 0 Å². The maximum atomic E-state index is 12.5. The standard InChI is InChI=1S/C19H19N5O3/c25-18(23-9-5-14(12-23)27-17-11-20-7-8-21-17)6-10-24-13-22-16-4-2-1-3-15(16)19(24)26/h1-4,7-8,11,13-14H,5-6,9-10,12H2/t14-/m1/s1. The number of hydrogen-bond donors (Lipinski definition) is 0. The topological polar surface area (TPSA) is 90.2 Å². The smallest absolute Gasteiger partial charge is 0.261 e. The summed E-state index contributed by atoms with van der Waals surface area (Å²) in [7, 11) is 0. The van der Waals surface area contributed by atoms with Crippen LogP contribution >= 0.6 is 0 Å². The average molecular weight is 365 g/mol. The molecule has 8 nitrogen and oxygen atoms in total. The van der Waals surface area contributed by atoms with Crippen LogP contribution in [-0.4, -0.2) is 49.5 Å². The third-order valence-corrected chi connectivity index (χ3v) is 4.62. The highest BCUT2D eigenvalue weighted by Crippen LogP contribution is 2.16. The first-order chi connectivity index (χ1) is 13.2. The van der Waals surface area contributed by atoms with Gasteiger partial charge in [-0.15, -0.1) is 0 Å². The second-order valence-corrected chi connectivity index (χ2v) is 6.42. The SMILES string of the molecule is O=C(CCn1cnc2ccccc2c1=O)N1CC[C@@H](Oc2cnccn2)C1. The van der Waals surface area contributed by atoms with Gasteiger partial charge in [0.1, 0.15) is 6.10 Å². The first kappa shape index (κ1) is 17.1. The summed E-state index contributed by atoms with van der Waals surface area (Å²) in [6.45, 7) is 1.45. The highest BCUT2D eigenvalue weighted by molar-refractivity contribution is 5.77. The van der Waals surface area contributed by atoms with E-state index in [0.717, 1.165) is 6.42 Å². The van der Waals surface area contributed by atoms with E-state index in [2.05, 4.69) is 15.0 Å². The van der Waals surface area contributed by atoms with Crippen LogP contribution in [0.2, 0.25) is 0 Å². The lowest BCUT2D eigenvalue weighted by Gasteiger charge is -2.17. The van der Waals surface area contributed by atoms with E-state index in [1.54, 1.807) is 35.6 Å². The third kappa shape index (κ3) is 3.79. The summed E-state index contributed by atoms with van der Waals surface area (Å²) < 4.78 is 7.24. The van der Waals surface area contributed by atoms with E-state index in [1.807, 2.05) is 12.1 Å². The molecule has 8 heteroatoms. The zero-order valence-corrected chi connectivity index (χ0v) is 14.7. The summed E-state index contributed by atoms with van der Waals surface area (Å²) >= 11 is 0. The van der Waals surface area contributed by atoms with E-state index in [1.165, 1.54) is 10.9 Å². The van der Waals surface area contributed by atoms with E-state index < -0.39 is 0 Å². The van der Waals surface area contributed by atoms with Gasteiger partial charge in [-0.2, -0.15) is 0 Å². The Balaban J connectivity index is 1.35. The number of rotatable bonds is 5. The predicted octanol–water partition coefficient (Wildman–Crippen LogP) is 1.26. The predicted molar refractivity (Wildman–Crippen MR) is 98.3 cm³/mol. The van der Waals surface area contributed by atoms with Crippen LogP contribution in [0.1, 0.15) is 12.8 Å². The molecule has 27 heavy (non-hydrogen) atoms. The van der Waals surface area contributed by atoms with Crippen molar-refractivity contribution in [3.05, 3.63) is 59.5 Å². The minimum Gasteiger partial charge on any atom is -0.471 e. The van der Waals surface area contributed by atoms with Gasteiger partial charge in [0.25, 0.3) is 5.56 Å². The van der Waals surface area contributed by atoms with Crippen LogP contribution in [0, 0.1) is 0 Å². The minimum atomic E-state index is -0.126. The van der Waals surface area contributed by atoms with Gasteiger partial charge in [-0.1, -0.05) is 12.1 Å². The molecule has 1 aromatic carbocycles. The number of aromatic nitrogens is 4. The monoisotopic (exact) mass is 365 g/mol. The second kappa shape index (κ2) is 7.53. The maximum Gasteiger partial charge on any atom is 0.261 e. The summed E-state index contributed by atoms with van der Waals surface area (Å²) in [6.07, 6.45) is 7.13. The Hall–Kier alpha value is -3.29. The van der Waals surface area contributed by atoms with Crippen LogP contribution in [0.5, 0.6) is 5.88 Å². The minimum absolute atomic E-state index is 0.000282. The maximum absolute atomic E-state index is 12.5. The molecule has 0 saturated carbocycles. The lowest BCUT2D eigenvalue weighted by Crippen LogP contribution is -2.32. The molecule has 1 saturated heterocycles. The van der Waals surface area contributed by atoms with Gasteiger partial charge in [-0.05, 0) is 12.1 Å². The third-order valence-electron chi connectivity index (χ3n) is 4.62. The van der Waals surface area contributed by atoms with Crippen molar-refractivity contribution in [2.75, 3.05) is 13.1 Å². The number of carbonyl (C=O) groups excluding carboxylic acids is 1. The Labute approximate surface area is 155 Å². The molecule has 0 spiro atoms. The van der Waals surface area contributed by atoms with Gasteiger partial charge in [0.15, 0.2) is 0 Å². The highest BCUT2D eigenvalue weighted by Gasteiger charge is 2.27. The van der Waals surface area contributed by atoms with Crippen molar-refractivity contribution >= 4 is 16.8 Å². The highest BCUT2D eigenvalue weighted by atomic mass is 16.5. The molecular weight excluding hydrogens is 346 g/mol. The Kier molecular flexibility index (Phi) is 4.78. The molecule has 0 unspecified atom stereocenters. The van der Waals surface area contributed by atoms with Crippen LogP contribution in [0.3, 0.4) is 0 Å². The van der Waals surface area contributed by atoms with Crippen LogP contribution < -0.4 is 10.3 Å². The number of carbonyl (C=O) groups is 1. The molecule has 0 N–H and O–H groups in total. The molecule has 3 aromatic rings. The van der Waals surface area contributed by atoms with Crippen molar-refractivity contribution in [2.45, 2.75) is 25.5 Å². The number of nitrogens with zero attached hydrogens (tertiary/aromatic N) is 5. The number of aryl methyl sites for hydroxylation is 1.